The van der Waals surface area contributed by atoms with Crippen LogP contribution in [0.4, 0.5) is 0 Å². The fourth-order valence-corrected chi connectivity index (χ4v) is 5.53. The molecule has 0 radical (unpaired) electrons. The number of phenols is 1. The van der Waals surface area contributed by atoms with Crippen LogP contribution in [0.5, 0.6) is 17.2 Å². The van der Waals surface area contributed by atoms with Gasteiger partial charge in [-0.1, -0.05) is 0 Å². The number of hydrogen-bond donors (Lipinski definition) is 2. The Hall–Kier alpha value is 0.430. The number of carboxylic acid groups (broad SMARTS) is 1. The highest BCUT2D eigenvalue weighted by Crippen LogP contribution is 2.36. The smallest absolute Gasteiger partial charge is 0.307 e. The van der Waals surface area contributed by atoms with Gasteiger partial charge in [0.2, 0.25) is 0 Å². The van der Waals surface area contributed by atoms with E-state index >= 15 is 0 Å². The molecule has 2 aromatic carbocycles. The first-order valence-electron chi connectivity index (χ1n) is 5.83. The van der Waals surface area contributed by atoms with Gasteiger partial charge in [0.25, 0.3) is 0 Å². The molecular weight excluding hydrogens is 740 g/mol. The van der Waals surface area contributed by atoms with Crippen LogP contribution in [-0.2, 0) is 11.2 Å². The van der Waals surface area contributed by atoms with Crippen molar-refractivity contribution in [1.82, 2.24) is 0 Å². The average molecular weight is 748 g/mol. The summed E-state index contributed by atoms with van der Waals surface area (Å²) < 4.78 is 9.06. The van der Waals surface area contributed by atoms with E-state index in [1.165, 1.54) is 0 Å². The van der Waals surface area contributed by atoms with Crippen LogP contribution >= 0.6 is 90.4 Å². The summed E-state index contributed by atoms with van der Waals surface area (Å²) >= 11 is 8.37. The van der Waals surface area contributed by atoms with Gasteiger partial charge in [0.15, 0.2) is 5.75 Å². The van der Waals surface area contributed by atoms with Crippen LogP contribution < -0.4 is 4.74 Å². The molecule has 22 heavy (non-hydrogen) atoms. The van der Waals surface area contributed by atoms with Crippen molar-refractivity contribution >= 4 is 96.3 Å². The average Bonchev–Trinajstić information content (AvgIpc) is 2.39. The fourth-order valence-electron chi connectivity index (χ4n) is 1.71. The van der Waals surface area contributed by atoms with E-state index < -0.39 is 5.97 Å². The molecule has 4 nitrogen and oxygen atoms in total. The lowest BCUT2D eigenvalue weighted by Crippen LogP contribution is -2.02. The van der Waals surface area contributed by atoms with Gasteiger partial charge in [-0.3, -0.25) is 4.79 Å². The molecule has 0 bridgehead atoms. The lowest BCUT2D eigenvalue weighted by Gasteiger charge is -2.13. The van der Waals surface area contributed by atoms with Gasteiger partial charge >= 0.3 is 5.97 Å². The Bertz CT molecular complexity index is 700. The predicted octanol–water partition coefficient (Wildman–Crippen LogP) is 5.23. The van der Waals surface area contributed by atoms with Gasteiger partial charge in [0, 0.05) is 0 Å². The second-order valence-electron chi connectivity index (χ2n) is 4.30. The maximum absolute atomic E-state index is 10.8. The Morgan fingerprint density at radius 3 is 1.91 bits per heavy atom. The number of halogens is 4. The highest BCUT2D eigenvalue weighted by Gasteiger charge is 2.14. The normalized spacial score (nSPS) is 10.5. The van der Waals surface area contributed by atoms with E-state index in [9.17, 15) is 9.90 Å². The number of carbonyl (C=O) groups is 1. The van der Waals surface area contributed by atoms with Gasteiger partial charge in [-0.2, -0.15) is 0 Å². The summed E-state index contributed by atoms with van der Waals surface area (Å²) in [6, 6.07) is 7.13. The lowest BCUT2D eigenvalue weighted by molar-refractivity contribution is -0.136. The summed E-state index contributed by atoms with van der Waals surface area (Å²) in [4.78, 5) is 10.8. The third kappa shape index (κ3) is 4.72. The molecule has 2 aromatic rings. The minimum absolute atomic E-state index is 0.0126. The number of carboxylic acids is 1. The van der Waals surface area contributed by atoms with Crippen molar-refractivity contribution in [3.05, 3.63) is 44.1 Å². The zero-order chi connectivity index (χ0) is 16.4. The van der Waals surface area contributed by atoms with E-state index in [0.717, 1.165) is 12.7 Å². The standard InChI is InChI=1S/C14H8I4O4/c15-8-4-7(5-9(16)13(8)21)22-14-10(17)1-6(2-11(14)18)3-12(19)20/h1-2,4-5,21H,3H2,(H,19,20). The molecule has 0 atom stereocenters. The zero-order valence-electron chi connectivity index (χ0n) is 10.7. The van der Waals surface area contributed by atoms with Gasteiger partial charge < -0.3 is 14.9 Å². The molecule has 0 saturated heterocycles. The molecule has 0 saturated carbocycles. The molecule has 0 aliphatic carbocycles. The number of ether oxygens (including phenoxy) is 1. The molecule has 0 amide bonds. The van der Waals surface area contributed by atoms with Crippen molar-refractivity contribution < 1.29 is 19.7 Å². The quantitative estimate of drug-likeness (QED) is 0.421. The van der Waals surface area contributed by atoms with Crippen LogP contribution in [-0.4, -0.2) is 16.2 Å². The summed E-state index contributed by atoms with van der Waals surface area (Å²) in [6.07, 6.45) is -0.0126. The number of aliphatic carboxylic acids is 1. The number of phenolic OH excluding ortho intramolecular Hbond substituents is 1. The van der Waals surface area contributed by atoms with Crippen molar-refractivity contribution in [2.45, 2.75) is 6.42 Å². The molecule has 0 aliphatic heterocycles. The summed E-state index contributed by atoms with van der Waals surface area (Å²) in [5.74, 6) is 0.707. The molecular formula is C14H8I4O4. The molecule has 116 valence electrons. The zero-order valence-corrected chi connectivity index (χ0v) is 19.4. The van der Waals surface area contributed by atoms with Gasteiger partial charge in [0.05, 0.1) is 20.7 Å². The lowest BCUT2D eigenvalue weighted by atomic mass is 10.1. The first-order chi connectivity index (χ1) is 10.3. The minimum atomic E-state index is -0.858. The second-order valence-corrected chi connectivity index (χ2v) is 8.95. The van der Waals surface area contributed by atoms with Gasteiger partial charge in [-0.15, -0.1) is 0 Å². The molecule has 0 aromatic heterocycles. The third-order valence-electron chi connectivity index (χ3n) is 2.62. The van der Waals surface area contributed by atoms with Crippen molar-refractivity contribution in [3.8, 4) is 17.2 Å². The van der Waals surface area contributed by atoms with E-state index in [-0.39, 0.29) is 12.2 Å². The molecule has 2 N–H and O–H groups in total. The Morgan fingerprint density at radius 1 is 0.955 bits per heavy atom. The van der Waals surface area contributed by atoms with E-state index in [4.69, 9.17) is 9.84 Å². The summed E-state index contributed by atoms with van der Waals surface area (Å²) in [5.41, 5.74) is 0.739. The van der Waals surface area contributed by atoms with Crippen LogP contribution in [0.3, 0.4) is 0 Å². The van der Waals surface area contributed by atoms with Crippen LogP contribution in [0, 0.1) is 14.3 Å². The largest absolute Gasteiger partial charge is 0.506 e. The van der Waals surface area contributed by atoms with E-state index in [1.54, 1.807) is 12.1 Å². The van der Waals surface area contributed by atoms with Crippen molar-refractivity contribution in [2.24, 2.45) is 0 Å². The SMILES string of the molecule is O=C(O)Cc1cc(I)c(Oc2cc(I)c(O)c(I)c2)c(I)c1. The van der Waals surface area contributed by atoms with Gasteiger partial charge in [-0.25, -0.2) is 0 Å². The van der Waals surface area contributed by atoms with E-state index in [0.29, 0.717) is 18.6 Å². The van der Waals surface area contributed by atoms with Crippen molar-refractivity contribution in [3.63, 3.8) is 0 Å². The molecule has 0 fully saturated rings. The molecule has 0 aliphatic rings. The number of hydrogen-bond acceptors (Lipinski definition) is 3. The molecule has 0 heterocycles. The van der Waals surface area contributed by atoms with Crippen LogP contribution in [0.2, 0.25) is 0 Å². The Morgan fingerprint density at radius 2 is 1.45 bits per heavy atom. The van der Waals surface area contributed by atoms with Crippen molar-refractivity contribution in [2.75, 3.05) is 0 Å². The van der Waals surface area contributed by atoms with Crippen LogP contribution in [0.1, 0.15) is 5.56 Å². The summed E-state index contributed by atoms with van der Waals surface area (Å²) in [5, 5.41) is 18.7. The molecule has 2 rings (SSSR count). The fraction of sp³-hybridized carbons (Fsp3) is 0.0714. The highest BCUT2D eigenvalue weighted by molar-refractivity contribution is 14.1. The highest BCUT2D eigenvalue weighted by atomic mass is 127. The molecule has 0 spiro atoms. The van der Waals surface area contributed by atoms with Crippen LogP contribution in [0.15, 0.2) is 24.3 Å². The molecule has 8 heteroatoms. The number of benzene rings is 2. The maximum atomic E-state index is 10.8. The van der Waals surface area contributed by atoms with E-state index in [2.05, 4.69) is 90.4 Å². The first-order valence-corrected chi connectivity index (χ1v) is 10.1. The maximum Gasteiger partial charge on any atom is 0.307 e. The van der Waals surface area contributed by atoms with E-state index in [1.807, 2.05) is 12.1 Å². The second kappa shape index (κ2) is 8.00. The first kappa shape index (κ1) is 18.8. The van der Waals surface area contributed by atoms with Gasteiger partial charge in [-0.05, 0) is 120 Å². The number of aromatic hydroxyl groups is 1. The summed E-state index contributed by atoms with van der Waals surface area (Å²) in [7, 11) is 0. The predicted molar refractivity (Wildman–Crippen MR) is 117 cm³/mol. The topological polar surface area (TPSA) is 66.8 Å². The van der Waals surface area contributed by atoms with Crippen LogP contribution in [0.25, 0.3) is 0 Å². The van der Waals surface area contributed by atoms with Gasteiger partial charge in [0.1, 0.15) is 11.5 Å². The minimum Gasteiger partial charge on any atom is -0.506 e. The Labute approximate surface area is 181 Å². The molecule has 0 unspecified atom stereocenters. The third-order valence-corrected chi connectivity index (χ3v) is 5.87. The Balaban J connectivity index is 2.36. The summed E-state index contributed by atoms with van der Waals surface area (Å²) in [6.45, 7) is 0. The Kier molecular flexibility index (Phi) is 6.83. The van der Waals surface area contributed by atoms with Crippen molar-refractivity contribution in [1.29, 1.82) is 0 Å². The monoisotopic (exact) mass is 748 g/mol. The number of rotatable bonds is 4.